The summed E-state index contributed by atoms with van der Waals surface area (Å²) >= 11 is 0. The largest absolute Gasteiger partial charge is 0.496 e. The molecule has 0 amide bonds. The molecule has 2 aromatic rings. The minimum absolute atomic E-state index is 0.0829. The molecule has 0 saturated carbocycles. The fourth-order valence-corrected chi connectivity index (χ4v) is 2.19. The zero-order chi connectivity index (χ0) is 14.7. The highest BCUT2D eigenvalue weighted by Crippen LogP contribution is 2.31. The fourth-order valence-electron chi connectivity index (χ4n) is 2.19. The van der Waals surface area contributed by atoms with Gasteiger partial charge in [-0.1, -0.05) is 23.8 Å². The Morgan fingerprint density at radius 2 is 1.55 bits per heavy atom. The van der Waals surface area contributed by atoms with E-state index in [0.29, 0.717) is 22.6 Å². The average Bonchev–Trinajstić information content (AvgIpc) is 2.48. The number of carbonyl (C=O) groups excluding carboxylic acids is 1. The van der Waals surface area contributed by atoms with E-state index in [1.165, 1.54) is 0 Å². The van der Waals surface area contributed by atoms with Crippen LogP contribution in [0.5, 0.6) is 11.5 Å². The van der Waals surface area contributed by atoms with Crippen molar-refractivity contribution < 1.29 is 14.3 Å². The van der Waals surface area contributed by atoms with Gasteiger partial charge in [0.15, 0.2) is 0 Å². The molecule has 0 aromatic heterocycles. The summed E-state index contributed by atoms with van der Waals surface area (Å²) in [6.07, 6.45) is 0. The quantitative estimate of drug-likeness (QED) is 0.797. The Balaban J connectivity index is 2.61. The van der Waals surface area contributed by atoms with E-state index in [-0.39, 0.29) is 5.78 Å². The number of methoxy groups -OCH3 is 2. The summed E-state index contributed by atoms with van der Waals surface area (Å²) in [5.41, 5.74) is 3.13. The van der Waals surface area contributed by atoms with E-state index < -0.39 is 0 Å². The van der Waals surface area contributed by atoms with E-state index in [9.17, 15) is 4.79 Å². The Labute approximate surface area is 119 Å². The molecule has 20 heavy (non-hydrogen) atoms. The molecule has 104 valence electrons. The smallest absolute Gasteiger partial charge is 0.200 e. The summed E-state index contributed by atoms with van der Waals surface area (Å²) in [4.78, 5) is 12.8. The Morgan fingerprint density at radius 3 is 2.10 bits per heavy atom. The number of rotatable bonds is 4. The Hall–Kier alpha value is -2.29. The van der Waals surface area contributed by atoms with Crippen LogP contribution in [0.1, 0.15) is 27.0 Å². The van der Waals surface area contributed by atoms with Crippen LogP contribution in [0.15, 0.2) is 36.4 Å². The van der Waals surface area contributed by atoms with E-state index in [1.54, 1.807) is 32.4 Å². The molecule has 0 aliphatic rings. The Bertz CT molecular complexity index is 622. The maximum Gasteiger partial charge on any atom is 0.200 e. The van der Waals surface area contributed by atoms with Crippen LogP contribution < -0.4 is 9.47 Å². The summed E-state index contributed by atoms with van der Waals surface area (Å²) < 4.78 is 10.6. The van der Waals surface area contributed by atoms with Crippen molar-refractivity contribution in [3.05, 3.63) is 58.7 Å². The van der Waals surface area contributed by atoms with Crippen molar-refractivity contribution in [3.8, 4) is 11.5 Å². The molecule has 0 spiro atoms. The lowest BCUT2D eigenvalue weighted by Crippen LogP contribution is -2.08. The number of hydrogen-bond acceptors (Lipinski definition) is 3. The minimum atomic E-state index is -0.0829. The second kappa shape index (κ2) is 5.78. The molecule has 3 heteroatoms. The normalized spacial score (nSPS) is 10.2. The van der Waals surface area contributed by atoms with Crippen LogP contribution in [0.4, 0.5) is 0 Å². The summed E-state index contributed by atoms with van der Waals surface area (Å²) in [6, 6.07) is 11.2. The maximum atomic E-state index is 12.8. The topological polar surface area (TPSA) is 35.5 Å². The number of aryl methyl sites for hydroxylation is 2. The second-order valence-corrected chi connectivity index (χ2v) is 4.69. The molecular formula is C17H18O3. The first-order chi connectivity index (χ1) is 9.58. The Kier molecular flexibility index (Phi) is 4.08. The van der Waals surface area contributed by atoms with Crippen molar-refractivity contribution in [2.45, 2.75) is 13.8 Å². The molecule has 0 atom stereocenters. The van der Waals surface area contributed by atoms with Gasteiger partial charge in [0.1, 0.15) is 17.1 Å². The third kappa shape index (κ3) is 2.52. The standard InChI is InChI=1S/C17H18O3/c1-11-8-9-12(2)13(10-11)17(18)16-14(19-3)6-5-7-15(16)20-4/h5-10H,1-4H3. The number of carbonyl (C=O) groups is 1. The zero-order valence-corrected chi connectivity index (χ0v) is 12.2. The van der Waals surface area contributed by atoms with Gasteiger partial charge in [0, 0.05) is 5.56 Å². The van der Waals surface area contributed by atoms with Crippen LogP contribution in [0, 0.1) is 13.8 Å². The molecule has 0 aliphatic carbocycles. The molecule has 0 fully saturated rings. The van der Waals surface area contributed by atoms with Crippen LogP contribution in [0.2, 0.25) is 0 Å². The van der Waals surface area contributed by atoms with Crippen molar-refractivity contribution in [1.82, 2.24) is 0 Å². The summed E-state index contributed by atoms with van der Waals surface area (Å²) in [6.45, 7) is 3.89. The predicted molar refractivity (Wildman–Crippen MR) is 78.9 cm³/mol. The zero-order valence-electron chi connectivity index (χ0n) is 12.2. The number of ketones is 1. The Morgan fingerprint density at radius 1 is 0.950 bits per heavy atom. The third-order valence-corrected chi connectivity index (χ3v) is 3.29. The first-order valence-electron chi connectivity index (χ1n) is 6.41. The van der Waals surface area contributed by atoms with Gasteiger partial charge in [-0.3, -0.25) is 4.79 Å². The van der Waals surface area contributed by atoms with E-state index >= 15 is 0 Å². The fraction of sp³-hybridized carbons (Fsp3) is 0.235. The molecule has 2 aromatic carbocycles. The molecule has 0 heterocycles. The molecule has 2 rings (SSSR count). The van der Waals surface area contributed by atoms with Gasteiger partial charge in [-0.25, -0.2) is 0 Å². The monoisotopic (exact) mass is 270 g/mol. The second-order valence-electron chi connectivity index (χ2n) is 4.69. The molecule has 0 saturated heterocycles. The molecule has 0 radical (unpaired) electrons. The first-order valence-corrected chi connectivity index (χ1v) is 6.41. The van der Waals surface area contributed by atoms with Crippen molar-refractivity contribution in [1.29, 1.82) is 0 Å². The lowest BCUT2D eigenvalue weighted by Gasteiger charge is -2.13. The van der Waals surface area contributed by atoms with Gasteiger partial charge in [-0.15, -0.1) is 0 Å². The molecule has 0 bridgehead atoms. The van der Waals surface area contributed by atoms with E-state index in [0.717, 1.165) is 11.1 Å². The SMILES string of the molecule is COc1cccc(OC)c1C(=O)c1cc(C)ccc1C. The van der Waals surface area contributed by atoms with Gasteiger partial charge in [0.2, 0.25) is 5.78 Å². The third-order valence-electron chi connectivity index (χ3n) is 3.29. The lowest BCUT2D eigenvalue weighted by molar-refractivity contribution is 0.103. The molecule has 3 nitrogen and oxygen atoms in total. The highest BCUT2D eigenvalue weighted by Gasteiger charge is 2.21. The molecule has 0 aliphatic heterocycles. The number of ether oxygens (including phenoxy) is 2. The van der Waals surface area contributed by atoms with Crippen LogP contribution in [-0.2, 0) is 0 Å². The van der Waals surface area contributed by atoms with Gasteiger partial charge < -0.3 is 9.47 Å². The highest BCUT2D eigenvalue weighted by atomic mass is 16.5. The van der Waals surface area contributed by atoms with Gasteiger partial charge in [-0.2, -0.15) is 0 Å². The van der Waals surface area contributed by atoms with Crippen molar-refractivity contribution in [2.75, 3.05) is 14.2 Å². The lowest BCUT2D eigenvalue weighted by atomic mass is 9.96. The van der Waals surface area contributed by atoms with E-state index in [1.807, 2.05) is 32.0 Å². The average molecular weight is 270 g/mol. The number of hydrogen-bond donors (Lipinski definition) is 0. The molecular weight excluding hydrogens is 252 g/mol. The van der Waals surface area contributed by atoms with Crippen molar-refractivity contribution in [2.24, 2.45) is 0 Å². The molecule has 0 unspecified atom stereocenters. The van der Waals surface area contributed by atoms with Crippen LogP contribution >= 0.6 is 0 Å². The maximum absolute atomic E-state index is 12.8. The number of benzene rings is 2. The van der Waals surface area contributed by atoms with Gasteiger partial charge in [0.25, 0.3) is 0 Å². The summed E-state index contributed by atoms with van der Waals surface area (Å²) in [7, 11) is 3.10. The van der Waals surface area contributed by atoms with Crippen LogP contribution in [-0.4, -0.2) is 20.0 Å². The van der Waals surface area contributed by atoms with Gasteiger partial charge in [0.05, 0.1) is 14.2 Å². The summed E-state index contributed by atoms with van der Waals surface area (Å²) in [5, 5.41) is 0. The van der Waals surface area contributed by atoms with E-state index in [2.05, 4.69) is 0 Å². The molecule has 0 N–H and O–H groups in total. The van der Waals surface area contributed by atoms with Crippen LogP contribution in [0.3, 0.4) is 0 Å². The highest BCUT2D eigenvalue weighted by molar-refractivity contribution is 6.13. The van der Waals surface area contributed by atoms with Crippen molar-refractivity contribution in [3.63, 3.8) is 0 Å². The minimum Gasteiger partial charge on any atom is -0.496 e. The van der Waals surface area contributed by atoms with E-state index in [4.69, 9.17) is 9.47 Å². The van der Waals surface area contributed by atoms with Gasteiger partial charge in [-0.05, 0) is 37.6 Å². The van der Waals surface area contributed by atoms with Gasteiger partial charge >= 0.3 is 0 Å². The predicted octanol–water partition coefficient (Wildman–Crippen LogP) is 3.55. The summed E-state index contributed by atoms with van der Waals surface area (Å²) in [5.74, 6) is 0.964. The van der Waals surface area contributed by atoms with Crippen LogP contribution in [0.25, 0.3) is 0 Å². The van der Waals surface area contributed by atoms with Crippen molar-refractivity contribution >= 4 is 5.78 Å². The first kappa shape index (κ1) is 14.1.